The second-order valence-corrected chi connectivity index (χ2v) is 5.49. The number of unbranched alkanes of at least 4 members (excludes halogenated alkanes) is 2. The van der Waals surface area contributed by atoms with Crippen LogP contribution in [0.2, 0.25) is 0 Å². The zero-order valence-corrected chi connectivity index (χ0v) is 11.3. The second kappa shape index (κ2) is 8.30. The van der Waals surface area contributed by atoms with E-state index in [9.17, 15) is 9.90 Å². The van der Waals surface area contributed by atoms with Gasteiger partial charge in [0.15, 0.2) is 0 Å². The van der Waals surface area contributed by atoms with Gasteiger partial charge in [-0.2, -0.15) is 0 Å². The summed E-state index contributed by atoms with van der Waals surface area (Å²) in [4.78, 5) is 10.6. The molecule has 104 valence electrons. The molecule has 0 aromatic heterocycles. The summed E-state index contributed by atoms with van der Waals surface area (Å²) in [5.41, 5.74) is 0. The van der Waals surface area contributed by atoms with Gasteiger partial charge in [0.2, 0.25) is 0 Å². The Hall–Kier alpha value is -0.830. The lowest BCUT2D eigenvalue weighted by atomic mass is 10.0. The van der Waals surface area contributed by atoms with Crippen molar-refractivity contribution in [3.05, 3.63) is 12.2 Å². The molecule has 3 atom stereocenters. The number of carboxylic acid groups (broad SMARTS) is 1. The Morgan fingerprint density at radius 1 is 1.39 bits per heavy atom. The van der Waals surface area contributed by atoms with Crippen LogP contribution in [0, 0.1) is 11.8 Å². The Kier molecular flexibility index (Phi) is 7.02. The van der Waals surface area contributed by atoms with Crippen molar-refractivity contribution in [1.82, 2.24) is 0 Å². The third kappa shape index (κ3) is 6.20. The first kappa shape index (κ1) is 15.2. The summed E-state index contributed by atoms with van der Waals surface area (Å²) in [6.45, 7) is 2.16. The van der Waals surface area contributed by atoms with Crippen LogP contribution in [0.25, 0.3) is 0 Å². The van der Waals surface area contributed by atoms with E-state index in [0.717, 1.165) is 32.1 Å². The summed E-state index contributed by atoms with van der Waals surface area (Å²) in [5.74, 6) is 0.105. The van der Waals surface area contributed by atoms with Crippen LogP contribution >= 0.6 is 0 Å². The van der Waals surface area contributed by atoms with E-state index in [2.05, 4.69) is 13.0 Å². The maximum absolute atomic E-state index is 10.6. The summed E-state index contributed by atoms with van der Waals surface area (Å²) >= 11 is 0. The van der Waals surface area contributed by atoms with Crippen LogP contribution in [0.3, 0.4) is 0 Å². The number of allylic oxidation sites excluding steroid dienone is 1. The number of hydrogen-bond acceptors (Lipinski definition) is 2. The van der Waals surface area contributed by atoms with Crippen LogP contribution in [0.1, 0.15) is 58.3 Å². The highest BCUT2D eigenvalue weighted by atomic mass is 16.4. The van der Waals surface area contributed by atoms with Gasteiger partial charge in [-0.05, 0) is 37.5 Å². The minimum absolute atomic E-state index is 0.295. The van der Waals surface area contributed by atoms with Crippen molar-refractivity contribution >= 4 is 5.97 Å². The zero-order chi connectivity index (χ0) is 13.4. The van der Waals surface area contributed by atoms with Gasteiger partial charge in [-0.1, -0.05) is 38.3 Å². The van der Waals surface area contributed by atoms with Gasteiger partial charge >= 0.3 is 5.97 Å². The van der Waals surface area contributed by atoms with Crippen LogP contribution in [-0.2, 0) is 4.79 Å². The van der Waals surface area contributed by atoms with E-state index in [4.69, 9.17) is 5.11 Å². The molecule has 1 fully saturated rings. The Bertz CT molecular complexity index is 273. The van der Waals surface area contributed by atoms with Crippen molar-refractivity contribution < 1.29 is 15.0 Å². The third-order valence-electron chi connectivity index (χ3n) is 3.75. The highest BCUT2D eigenvalue weighted by Gasteiger charge is 2.24. The third-order valence-corrected chi connectivity index (χ3v) is 3.75. The fourth-order valence-electron chi connectivity index (χ4n) is 2.71. The molecule has 1 rings (SSSR count). The van der Waals surface area contributed by atoms with Crippen molar-refractivity contribution in [2.45, 2.75) is 64.4 Å². The molecule has 3 heteroatoms. The minimum Gasteiger partial charge on any atom is -0.481 e. The van der Waals surface area contributed by atoms with E-state index in [1.165, 1.54) is 12.8 Å². The molecule has 0 aromatic rings. The smallest absolute Gasteiger partial charge is 0.303 e. The normalized spacial score (nSPS) is 25.7. The molecular weight excluding hydrogens is 228 g/mol. The molecule has 0 amide bonds. The first-order valence-electron chi connectivity index (χ1n) is 7.20. The lowest BCUT2D eigenvalue weighted by molar-refractivity contribution is -0.138. The molecular formula is C15H26O3. The standard InChI is InChI=1S/C15H26O3/c1-2-3-4-5-14(16)9-8-12-6-7-13(10-12)11-15(17)18/h8-9,12-14,16H,2-7,10-11H2,1H3,(H,17,18)/t12-,13-,14-/m0/s1. The van der Waals surface area contributed by atoms with E-state index in [0.29, 0.717) is 18.3 Å². The van der Waals surface area contributed by atoms with Crippen molar-refractivity contribution in [3.63, 3.8) is 0 Å². The van der Waals surface area contributed by atoms with Gasteiger partial charge in [0.25, 0.3) is 0 Å². The molecule has 1 aliphatic rings. The van der Waals surface area contributed by atoms with Crippen molar-refractivity contribution in [1.29, 1.82) is 0 Å². The van der Waals surface area contributed by atoms with Gasteiger partial charge in [0.05, 0.1) is 6.10 Å². The Morgan fingerprint density at radius 3 is 2.83 bits per heavy atom. The lowest BCUT2D eigenvalue weighted by Crippen LogP contribution is -2.05. The molecule has 0 aliphatic heterocycles. The zero-order valence-electron chi connectivity index (χ0n) is 11.3. The van der Waals surface area contributed by atoms with Crippen LogP contribution < -0.4 is 0 Å². The molecule has 0 bridgehead atoms. The highest BCUT2D eigenvalue weighted by molar-refractivity contribution is 5.67. The molecule has 0 heterocycles. The van der Waals surface area contributed by atoms with E-state index < -0.39 is 5.97 Å². The lowest BCUT2D eigenvalue weighted by Gasteiger charge is -2.07. The Balaban J connectivity index is 2.20. The van der Waals surface area contributed by atoms with Crippen LogP contribution in [0.15, 0.2) is 12.2 Å². The number of carbonyl (C=O) groups is 1. The second-order valence-electron chi connectivity index (χ2n) is 5.49. The SMILES string of the molecule is CCCCC[C@H](O)C=C[C@@H]1CC[C@H](CC(=O)O)C1. The first-order chi connectivity index (χ1) is 8.61. The minimum atomic E-state index is -0.691. The fourth-order valence-corrected chi connectivity index (χ4v) is 2.71. The number of carboxylic acids is 1. The van der Waals surface area contributed by atoms with Gasteiger partial charge in [-0.25, -0.2) is 0 Å². The number of aliphatic hydroxyl groups excluding tert-OH is 1. The van der Waals surface area contributed by atoms with Crippen molar-refractivity contribution in [2.24, 2.45) is 11.8 Å². The molecule has 0 unspecified atom stereocenters. The molecule has 0 saturated heterocycles. The van der Waals surface area contributed by atoms with Crippen LogP contribution in [0.4, 0.5) is 0 Å². The predicted molar refractivity (Wildman–Crippen MR) is 72.4 cm³/mol. The van der Waals surface area contributed by atoms with E-state index >= 15 is 0 Å². The van der Waals surface area contributed by atoms with Crippen molar-refractivity contribution in [2.75, 3.05) is 0 Å². The maximum atomic E-state index is 10.6. The number of aliphatic hydroxyl groups is 1. The quantitative estimate of drug-likeness (QED) is 0.515. The van der Waals surface area contributed by atoms with Gasteiger partial charge in [-0.15, -0.1) is 0 Å². The average Bonchev–Trinajstić information content (AvgIpc) is 2.73. The predicted octanol–water partition coefficient (Wildman–Crippen LogP) is 3.37. The molecule has 2 N–H and O–H groups in total. The summed E-state index contributed by atoms with van der Waals surface area (Å²) < 4.78 is 0. The summed E-state index contributed by atoms with van der Waals surface area (Å²) in [5, 5.41) is 18.5. The van der Waals surface area contributed by atoms with Crippen LogP contribution in [0.5, 0.6) is 0 Å². The molecule has 1 saturated carbocycles. The maximum Gasteiger partial charge on any atom is 0.303 e. The summed E-state index contributed by atoms with van der Waals surface area (Å²) in [6.07, 6.45) is 11.3. The average molecular weight is 254 g/mol. The van der Waals surface area contributed by atoms with E-state index in [-0.39, 0.29) is 6.10 Å². The fraction of sp³-hybridized carbons (Fsp3) is 0.800. The summed E-state index contributed by atoms with van der Waals surface area (Å²) in [7, 11) is 0. The molecule has 0 aromatic carbocycles. The topological polar surface area (TPSA) is 57.5 Å². The Labute approximate surface area is 110 Å². The number of hydrogen-bond donors (Lipinski definition) is 2. The van der Waals surface area contributed by atoms with Gasteiger partial charge in [0, 0.05) is 6.42 Å². The molecule has 0 radical (unpaired) electrons. The molecule has 3 nitrogen and oxygen atoms in total. The van der Waals surface area contributed by atoms with E-state index in [1.54, 1.807) is 0 Å². The highest BCUT2D eigenvalue weighted by Crippen LogP contribution is 2.33. The van der Waals surface area contributed by atoms with Gasteiger partial charge < -0.3 is 10.2 Å². The number of rotatable bonds is 8. The largest absolute Gasteiger partial charge is 0.481 e. The Morgan fingerprint density at radius 2 is 2.17 bits per heavy atom. The van der Waals surface area contributed by atoms with Crippen LogP contribution in [-0.4, -0.2) is 22.3 Å². The van der Waals surface area contributed by atoms with Gasteiger partial charge in [-0.3, -0.25) is 4.79 Å². The van der Waals surface area contributed by atoms with Gasteiger partial charge in [0.1, 0.15) is 0 Å². The first-order valence-corrected chi connectivity index (χ1v) is 7.20. The molecule has 1 aliphatic carbocycles. The van der Waals surface area contributed by atoms with E-state index in [1.807, 2.05) is 6.08 Å². The molecule has 0 spiro atoms. The molecule has 18 heavy (non-hydrogen) atoms. The van der Waals surface area contributed by atoms with Crippen molar-refractivity contribution in [3.8, 4) is 0 Å². The number of aliphatic carboxylic acids is 1. The summed E-state index contributed by atoms with van der Waals surface area (Å²) in [6, 6.07) is 0. The monoisotopic (exact) mass is 254 g/mol.